The Kier molecular flexibility index (Phi) is 4.63. The topological polar surface area (TPSA) is 58.0 Å². The number of aryl methyl sites for hydroxylation is 1. The van der Waals surface area contributed by atoms with E-state index in [4.69, 9.17) is 9.15 Å². The first-order valence-corrected chi connectivity index (χ1v) is 9.03. The second-order valence-electron chi connectivity index (χ2n) is 7.07. The Labute approximate surface area is 147 Å². The molecule has 1 aromatic heterocycles. The number of nitrogens with zero attached hydrogens (tertiary/aromatic N) is 2. The number of urea groups is 1. The fraction of sp³-hybridized carbons (Fsp3) is 0.526. The molecule has 0 aliphatic carbocycles. The zero-order valence-electron chi connectivity index (χ0n) is 14.7. The lowest BCUT2D eigenvalue weighted by Crippen LogP contribution is -2.40. The van der Waals surface area contributed by atoms with Crippen molar-refractivity contribution in [2.45, 2.75) is 13.3 Å². The number of hydrogen-bond donors (Lipinski definition) is 1. The average molecular weight is 343 g/mol. The largest absolute Gasteiger partial charge is 0.464 e. The van der Waals surface area contributed by atoms with Crippen molar-refractivity contribution in [1.82, 2.24) is 9.80 Å². The summed E-state index contributed by atoms with van der Waals surface area (Å²) in [6.45, 7) is 8.39. The monoisotopic (exact) mass is 343 g/mol. The van der Waals surface area contributed by atoms with Gasteiger partial charge in [0.15, 0.2) is 0 Å². The number of morpholine rings is 1. The molecule has 2 aromatic rings. The number of likely N-dealkylation sites (tertiary alicyclic amines) is 1. The van der Waals surface area contributed by atoms with Crippen molar-refractivity contribution >= 4 is 22.7 Å². The SMILES string of the molecule is Cc1coc2ccc(NC(=O)N3CC[C@H](CN4CCOCC4)C3)cc12. The highest BCUT2D eigenvalue weighted by Crippen LogP contribution is 2.25. The molecule has 3 heterocycles. The van der Waals surface area contributed by atoms with E-state index in [-0.39, 0.29) is 6.03 Å². The number of carbonyl (C=O) groups is 1. The van der Waals surface area contributed by atoms with Gasteiger partial charge < -0.3 is 19.4 Å². The van der Waals surface area contributed by atoms with E-state index in [0.717, 1.165) is 74.6 Å². The number of ether oxygens (including phenoxy) is 1. The predicted octanol–water partition coefficient (Wildman–Crippen LogP) is 2.93. The Hall–Kier alpha value is -2.05. The lowest BCUT2D eigenvalue weighted by atomic mass is 10.1. The number of hydrogen-bond acceptors (Lipinski definition) is 4. The standard InChI is InChI=1S/C19H25N3O3/c1-14-13-25-18-3-2-16(10-17(14)18)20-19(23)22-5-4-15(12-22)11-21-6-8-24-9-7-21/h2-3,10,13,15H,4-9,11-12H2,1H3,(H,20,23)/t15-/m1/s1. The Morgan fingerprint density at radius 3 is 2.96 bits per heavy atom. The van der Waals surface area contributed by atoms with Crippen LogP contribution < -0.4 is 5.32 Å². The van der Waals surface area contributed by atoms with Crippen LogP contribution >= 0.6 is 0 Å². The predicted molar refractivity (Wildman–Crippen MR) is 96.9 cm³/mol. The molecule has 1 aromatic carbocycles. The summed E-state index contributed by atoms with van der Waals surface area (Å²) in [5.41, 5.74) is 2.75. The van der Waals surface area contributed by atoms with Gasteiger partial charge in [-0.05, 0) is 43.0 Å². The maximum atomic E-state index is 12.6. The molecule has 4 rings (SSSR count). The molecule has 0 saturated carbocycles. The maximum absolute atomic E-state index is 12.6. The van der Waals surface area contributed by atoms with Crippen LogP contribution in [0.5, 0.6) is 0 Å². The third kappa shape index (κ3) is 3.65. The van der Waals surface area contributed by atoms with Gasteiger partial charge in [-0.3, -0.25) is 4.90 Å². The summed E-state index contributed by atoms with van der Waals surface area (Å²) >= 11 is 0. The van der Waals surface area contributed by atoms with E-state index in [9.17, 15) is 4.79 Å². The zero-order valence-corrected chi connectivity index (χ0v) is 14.7. The summed E-state index contributed by atoms with van der Waals surface area (Å²) in [5.74, 6) is 0.558. The van der Waals surface area contributed by atoms with Crippen molar-refractivity contribution in [1.29, 1.82) is 0 Å². The third-order valence-corrected chi connectivity index (χ3v) is 5.21. The van der Waals surface area contributed by atoms with Crippen LogP contribution in [0.15, 0.2) is 28.9 Å². The number of fused-ring (bicyclic) bond motifs is 1. The maximum Gasteiger partial charge on any atom is 0.321 e. The van der Waals surface area contributed by atoms with Crippen LogP contribution in [-0.4, -0.2) is 61.8 Å². The summed E-state index contributed by atoms with van der Waals surface area (Å²) in [6.07, 6.45) is 2.82. The fourth-order valence-corrected chi connectivity index (χ4v) is 3.75. The summed E-state index contributed by atoms with van der Waals surface area (Å²) in [4.78, 5) is 16.9. The van der Waals surface area contributed by atoms with Crippen LogP contribution in [0.4, 0.5) is 10.5 Å². The highest BCUT2D eigenvalue weighted by Gasteiger charge is 2.28. The van der Waals surface area contributed by atoms with Crippen LogP contribution in [-0.2, 0) is 4.74 Å². The zero-order chi connectivity index (χ0) is 17.2. The second kappa shape index (κ2) is 7.06. The normalized spacial score (nSPS) is 21.8. The van der Waals surface area contributed by atoms with Crippen LogP contribution in [0.25, 0.3) is 11.0 Å². The van der Waals surface area contributed by atoms with Gasteiger partial charge in [0, 0.05) is 43.8 Å². The number of benzene rings is 1. The fourth-order valence-electron chi connectivity index (χ4n) is 3.75. The van der Waals surface area contributed by atoms with Crippen LogP contribution in [0.1, 0.15) is 12.0 Å². The number of furan rings is 1. The summed E-state index contributed by atoms with van der Waals surface area (Å²) < 4.78 is 10.9. The van der Waals surface area contributed by atoms with Gasteiger partial charge in [-0.1, -0.05) is 0 Å². The van der Waals surface area contributed by atoms with Gasteiger partial charge in [0.2, 0.25) is 0 Å². The van der Waals surface area contributed by atoms with Gasteiger partial charge in [0.1, 0.15) is 5.58 Å². The van der Waals surface area contributed by atoms with E-state index in [1.54, 1.807) is 6.26 Å². The Morgan fingerprint density at radius 1 is 1.28 bits per heavy atom. The molecule has 134 valence electrons. The first-order valence-electron chi connectivity index (χ1n) is 9.03. The Bertz CT molecular complexity index is 751. The van der Waals surface area contributed by atoms with Gasteiger partial charge in [-0.2, -0.15) is 0 Å². The van der Waals surface area contributed by atoms with Crippen molar-refractivity contribution in [3.05, 3.63) is 30.0 Å². The van der Waals surface area contributed by atoms with Crippen LogP contribution in [0.2, 0.25) is 0 Å². The van der Waals surface area contributed by atoms with Crippen LogP contribution in [0.3, 0.4) is 0 Å². The number of carbonyl (C=O) groups excluding carboxylic acids is 1. The minimum atomic E-state index is -0.00928. The Morgan fingerprint density at radius 2 is 2.12 bits per heavy atom. The Balaban J connectivity index is 1.33. The molecule has 2 aliphatic rings. The molecule has 6 nitrogen and oxygen atoms in total. The molecule has 1 N–H and O–H groups in total. The lowest BCUT2D eigenvalue weighted by Gasteiger charge is -2.29. The molecule has 6 heteroatoms. The third-order valence-electron chi connectivity index (χ3n) is 5.21. The molecule has 25 heavy (non-hydrogen) atoms. The molecule has 2 amide bonds. The van der Waals surface area contributed by atoms with Crippen molar-refractivity contribution in [2.75, 3.05) is 51.3 Å². The van der Waals surface area contributed by atoms with Crippen molar-refractivity contribution in [3.8, 4) is 0 Å². The number of amides is 2. The van der Waals surface area contributed by atoms with E-state index >= 15 is 0 Å². The van der Waals surface area contributed by atoms with E-state index in [1.807, 2.05) is 30.0 Å². The quantitative estimate of drug-likeness (QED) is 0.931. The summed E-state index contributed by atoms with van der Waals surface area (Å²) in [7, 11) is 0. The van der Waals surface area contributed by atoms with E-state index in [0.29, 0.717) is 5.92 Å². The van der Waals surface area contributed by atoms with E-state index in [1.165, 1.54) is 0 Å². The van der Waals surface area contributed by atoms with Gasteiger partial charge in [0.25, 0.3) is 0 Å². The molecular formula is C19H25N3O3. The molecule has 2 fully saturated rings. The van der Waals surface area contributed by atoms with E-state index in [2.05, 4.69) is 10.2 Å². The van der Waals surface area contributed by atoms with Crippen molar-refractivity contribution < 1.29 is 13.9 Å². The highest BCUT2D eigenvalue weighted by molar-refractivity contribution is 5.93. The molecular weight excluding hydrogens is 318 g/mol. The van der Waals surface area contributed by atoms with Gasteiger partial charge in [-0.15, -0.1) is 0 Å². The molecule has 0 spiro atoms. The molecule has 2 saturated heterocycles. The summed E-state index contributed by atoms with van der Waals surface area (Å²) in [6, 6.07) is 5.77. The highest BCUT2D eigenvalue weighted by atomic mass is 16.5. The molecule has 0 unspecified atom stereocenters. The molecule has 0 radical (unpaired) electrons. The second-order valence-corrected chi connectivity index (χ2v) is 7.07. The van der Waals surface area contributed by atoms with Crippen LogP contribution in [0, 0.1) is 12.8 Å². The number of anilines is 1. The summed E-state index contributed by atoms with van der Waals surface area (Å²) in [5, 5.41) is 4.07. The lowest BCUT2D eigenvalue weighted by molar-refractivity contribution is 0.0314. The van der Waals surface area contributed by atoms with Crippen molar-refractivity contribution in [2.24, 2.45) is 5.92 Å². The molecule has 1 atom stereocenters. The minimum Gasteiger partial charge on any atom is -0.464 e. The smallest absolute Gasteiger partial charge is 0.321 e. The average Bonchev–Trinajstić information content (AvgIpc) is 3.23. The molecule has 2 aliphatic heterocycles. The molecule has 0 bridgehead atoms. The van der Waals surface area contributed by atoms with Gasteiger partial charge in [-0.25, -0.2) is 4.79 Å². The van der Waals surface area contributed by atoms with Gasteiger partial charge >= 0.3 is 6.03 Å². The van der Waals surface area contributed by atoms with Gasteiger partial charge in [0.05, 0.1) is 19.5 Å². The first-order chi connectivity index (χ1) is 12.2. The van der Waals surface area contributed by atoms with E-state index < -0.39 is 0 Å². The van der Waals surface area contributed by atoms with Crippen molar-refractivity contribution in [3.63, 3.8) is 0 Å². The first kappa shape index (κ1) is 16.4. The minimum absolute atomic E-state index is 0.00928. The number of nitrogens with one attached hydrogen (secondary N) is 1. The number of rotatable bonds is 3.